The van der Waals surface area contributed by atoms with Gasteiger partial charge >= 0.3 is 0 Å². The van der Waals surface area contributed by atoms with Crippen LogP contribution in [0, 0.1) is 0 Å². The zero-order valence-corrected chi connectivity index (χ0v) is 11.2. The number of carbonyl (C=O) groups is 1. The van der Waals surface area contributed by atoms with Gasteiger partial charge in [-0.1, -0.05) is 24.3 Å². The van der Waals surface area contributed by atoms with Gasteiger partial charge in [0, 0.05) is 6.08 Å². The van der Waals surface area contributed by atoms with E-state index in [0.29, 0.717) is 5.76 Å². The average molecular weight is 267 g/mol. The number of benzene rings is 1. The summed E-state index contributed by atoms with van der Waals surface area (Å²) in [4.78, 5) is 12.0. The summed E-state index contributed by atoms with van der Waals surface area (Å²) in [5.74, 6) is 0.604. The maximum atomic E-state index is 12.0. The fourth-order valence-electron chi connectivity index (χ4n) is 2.67. The minimum Gasteiger partial charge on any atom is -0.465 e. The number of nitrogens with one attached hydrogen (secondary N) is 1. The second kappa shape index (κ2) is 5.78. The van der Waals surface area contributed by atoms with Crippen LogP contribution in [-0.2, 0) is 11.2 Å². The smallest absolute Gasteiger partial charge is 0.244 e. The van der Waals surface area contributed by atoms with E-state index >= 15 is 0 Å². The van der Waals surface area contributed by atoms with E-state index in [1.807, 2.05) is 12.1 Å². The van der Waals surface area contributed by atoms with Crippen LogP contribution in [0.2, 0.25) is 0 Å². The SMILES string of the molecule is O=C(/C=C/c1ccco1)NC1CCCc2ccccc21. The molecule has 2 aromatic rings. The first-order chi connectivity index (χ1) is 9.83. The van der Waals surface area contributed by atoms with Gasteiger partial charge in [-0.15, -0.1) is 0 Å². The van der Waals surface area contributed by atoms with Gasteiger partial charge < -0.3 is 9.73 Å². The van der Waals surface area contributed by atoms with Gasteiger partial charge in [0.1, 0.15) is 5.76 Å². The zero-order valence-electron chi connectivity index (χ0n) is 11.2. The number of hydrogen-bond donors (Lipinski definition) is 1. The first kappa shape index (κ1) is 12.7. The van der Waals surface area contributed by atoms with Crippen LogP contribution in [0.25, 0.3) is 6.08 Å². The molecule has 0 saturated carbocycles. The van der Waals surface area contributed by atoms with Crippen molar-refractivity contribution in [2.24, 2.45) is 0 Å². The van der Waals surface area contributed by atoms with Crippen molar-refractivity contribution >= 4 is 12.0 Å². The maximum absolute atomic E-state index is 12.0. The minimum atomic E-state index is -0.0805. The van der Waals surface area contributed by atoms with Crippen LogP contribution in [0.5, 0.6) is 0 Å². The van der Waals surface area contributed by atoms with Gasteiger partial charge in [0.2, 0.25) is 5.91 Å². The van der Waals surface area contributed by atoms with Gasteiger partial charge in [0.05, 0.1) is 12.3 Å². The van der Waals surface area contributed by atoms with Crippen LogP contribution in [0.4, 0.5) is 0 Å². The van der Waals surface area contributed by atoms with Gasteiger partial charge in [-0.3, -0.25) is 4.79 Å². The molecule has 1 atom stereocenters. The topological polar surface area (TPSA) is 42.2 Å². The van der Waals surface area contributed by atoms with Crippen LogP contribution in [0.3, 0.4) is 0 Å². The Morgan fingerprint density at radius 3 is 3.00 bits per heavy atom. The van der Waals surface area contributed by atoms with Crippen molar-refractivity contribution in [2.75, 3.05) is 0 Å². The minimum absolute atomic E-state index is 0.0805. The van der Waals surface area contributed by atoms with Crippen LogP contribution in [-0.4, -0.2) is 5.91 Å². The third-order valence-corrected chi connectivity index (χ3v) is 3.63. The molecule has 1 aliphatic carbocycles. The number of aryl methyl sites for hydroxylation is 1. The molecule has 0 radical (unpaired) electrons. The molecule has 0 fully saturated rings. The number of fused-ring (bicyclic) bond motifs is 1. The Hall–Kier alpha value is -2.29. The van der Waals surface area contributed by atoms with Crippen molar-refractivity contribution in [1.29, 1.82) is 0 Å². The lowest BCUT2D eigenvalue weighted by Crippen LogP contribution is -2.29. The largest absolute Gasteiger partial charge is 0.465 e. The van der Waals surface area contributed by atoms with E-state index in [2.05, 4.69) is 23.5 Å². The summed E-state index contributed by atoms with van der Waals surface area (Å²) in [6.45, 7) is 0. The summed E-state index contributed by atoms with van der Waals surface area (Å²) in [6.07, 6.45) is 8.01. The molecular formula is C17H17NO2. The summed E-state index contributed by atoms with van der Waals surface area (Å²) >= 11 is 0. The molecule has 102 valence electrons. The van der Waals surface area contributed by atoms with E-state index in [0.717, 1.165) is 19.3 Å². The zero-order chi connectivity index (χ0) is 13.8. The fraction of sp³-hybridized carbons (Fsp3) is 0.235. The molecule has 20 heavy (non-hydrogen) atoms. The molecule has 3 rings (SSSR count). The second-order valence-corrected chi connectivity index (χ2v) is 5.00. The Morgan fingerprint density at radius 1 is 1.25 bits per heavy atom. The Kier molecular flexibility index (Phi) is 3.68. The molecule has 0 spiro atoms. The second-order valence-electron chi connectivity index (χ2n) is 5.00. The predicted molar refractivity (Wildman–Crippen MR) is 78.0 cm³/mol. The summed E-state index contributed by atoms with van der Waals surface area (Å²) in [6, 6.07) is 12.1. The Morgan fingerprint density at radius 2 is 2.15 bits per heavy atom. The molecule has 0 aliphatic heterocycles. The molecule has 0 bridgehead atoms. The van der Waals surface area contributed by atoms with E-state index in [-0.39, 0.29) is 11.9 Å². The highest BCUT2D eigenvalue weighted by Gasteiger charge is 2.20. The molecule has 3 nitrogen and oxygen atoms in total. The maximum Gasteiger partial charge on any atom is 0.244 e. The standard InChI is InChI=1S/C17H17NO2/c19-17(11-10-14-7-4-12-20-14)18-16-9-3-6-13-5-1-2-8-15(13)16/h1-2,4-5,7-8,10-12,16H,3,6,9H2,(H,18,19)/b11-10+. The normalized spacial score (nSPS) is 17.9. The fourth-order valence-corrected chi connectivity index (χ4v) is 2.67. The Balaban J connectivity index is 1.68. The number of rotatable bonds is 3. The van der Waals surface area contributed by atoms with E-state index in [1.54, 1.807) is 18.4 Å². The Labute approximate surface area is 118 Å². The third-order valence-electron chi connectivity index (χ3n) is 3.63. The third kappa shape index (κ3) is 2.82. The monoisotopic (exact) mass is 267 g/mol. The van der Waals surface area contributed by atoms with Crippen LogP contribution >= 0.6 is 0 Å². The molecule has 1 aliphatic rings. The molecule has 1 amide bonds. The summed E-state index contributed by atoms with van der Waals surface area (Å²) in [7, 11) is 0. The first-order valence-electron chi connectivity index (χ1n) is 6.93. The highest BCUT2D eigenvalue weighted by molar-refractivity contribution is 5.91. The molecule has 1 N–H and O–H groups in total. The van der Waals surface area contributed by atoms with E-state index in [1.165, 1.54) is 17.2 Å². The molecule has 1 aromatic heterocycles. The molecule has 1 heterocycles. The number of amides is 1. The quantitative estimate of drug-likeness (QED) is 0.865. The summed E-state index contributed by atoms with van der Waals surface area (Å²) in [5.41, 5.74) is 2.59. The number of carbonyl (C=O) groups excluding carboxylic acids is 1. The van der Waals surface area contributed by atoms with Crippen LogP contribution in [0.15, 0.2) is 53.2 Å². The number of furan rings is 1. The van der Waals surface area contributed by atoms with E-state index in [4.69, 9.17) is 4.42 Å². The van der Waals surface area contributed by atoms with Crippen molar-refractivity contribution in [3.63, 3.8) is 0 Å². The lowest BCUT2D eigenvalue weighted by atomic mass is 9.88. The summed E-state index contributed by atoms with van der Waals surface area (Å²) < 4.78 is 5.16. The molecule has 3 heteroatoms. The highest BCUT2D eigenvalue weighted by Crippen LogP contribution is 2.29. The van der Waals surface area contributed by atoms with Crippen LogP contribution < -0.4 is 5.32 Å². The van der Waals surface area contributed by atoms with Crippen LogP contribution in [0.1, 0.15) is 35.8 Å². The van der Waals surface area contributed by atoms with Crippen molar-refractivity contribution in [3.8, 4) is 0 Å². The lowest BCUT2D eigenvalue weighted by Gasteiger charge is -2.25. The van der Waals surface area contributed by atoms with Gasteiger partial charge in [0.25, 0.3) is 0 Å². The highest BCUT2D eigenvalue weighted by atomic mass is 16.3. The van der Waals surface area contributed by atoms with Gasteiger partial charge in [-0.05, 0) is 48.6 Å². The molecular weight excluding hydrogens is 250 g/mol. The molecule has 1 aromatic carbocycles. The van der Waals surface area contributed by atoms with Gasteiger partial charge in [-0.25, -0.2) is 0 Å². The van der Waals surface area contributed by atoms with Gasteiger partial charge in [0.15, 0.2) is 0 Å². The van der Waals surface area contributed by atoms with E-state index < -0.39 is 0 Å². The van der Waals surface area contributed by atoms with Crippen molar-refractivity contribution < 1.29 is 9.21 Å². The number of hydrogen-bond acceptors (Lipinski definition) is 2. The van der Waals surface area contributed by atoms with E-state index in [9.17, 15) is 4.79 Å². The predicted octanol–water partition coefficient (Wildman–Crippen LogP) is 3.49. The molecule has 1 unspecified atom stereocenters. The van der Waals surface area contributed by atoms with Crippen molar-refractivity contribution in [2.45, 2.75) is 25.3 Å². The first-order valence-corrected chi connectivity index (χ1v) is 6.93. The van der Waals surface area contributed by atoms with Crippen molar-refractivity contribution in [3.05, 3.63) is 65.6 Å². The average Bonchev–Trinajstić information content (AvgIpc) is 2.99. The lowest BCUT2D eigenvalue weighted by molar-refractivity contribution is -0.117. The van der Waals surface area contributed by atoms with Crippen molar-refractivity contribution in [1.82, 2.24) is 5.32 Å². The molecule has 0 saturated heterocycles. The van der Waals surface area contributed by atoms with Gasteiger partial charge in [-0.2, -0.15) is 0 Å². The summed E-state index contributed by atoms with van der Waals surface area (Å²) in [5, 5.41) is 3.07. The Bertz CT molecular complexity index is 614.